The summed E-state index contributed by atoms with van der Waals surface area (Å²) in [6, 6.07) is 11.3. The second-order valence-electron chi connectivity index (χ2n) is 3.48. The van der Waals surface area contributed by atoms with Gasteiger partial charge in [0.15, 0.2) is 5.76 Å². The molecule has 1 aromatic carbocycles. The lowest BCUT2D eigenvalue weighted by atomic mass is 10.1. The van der Waals surface area contributed by atoms with Crippen molar-refractivity contribution in [1.82, 2.24) is 15.8 Å². The summed E-state index contributed by atoms with van der Waals surface area (Å²) >= 11 is 0. The standard InChI is InChI=1S/C12H13N3O2/c1-13-12(16)14-8-10-7-11(15-17-10)9-5-3-2-4-6-9/h2-7H,8H2,1H3,(H2,13,14,16). The van der Waals surface area contributed by atoms with E-state index in [1.54, 1.807) is 7.05 Å². The number of hydrogen-bond donors (Lipinski definition) is 2. The molecule has 0 saturated heterocycles. The third-order valence-electron chi connectivity index (χ3n) is 2.28. The van der Waals surface area contributed by atoms with Gasteiger partial charge in [-0.3, -0.25) is 0 Å². The Labute approximate surface area is 98.8 Å². The van der Waals surface area contributed by atoms with Gasteiger partial charge in [0.05, 0.1) is 6.54 Å². The zero-order valence-corrected chi connectivity index (χ0v) is 9.43. The van der Waals surface area contributed by atoms with Gasteiger partial charge in [-0.25, -0.2) is 4.79 Å². The van der Waals surface area contributed by atoms with Crippen molar-refractivity contribution in [3.8, 4) is 11.3 Å². The van der Waals surface area contributed by atoms with Crippen LogP contribution in [0.2, 0.25) is 0 Å². The second-order valence-corrected chi connectivity index (χ2v) is 3.48. The highest BCUT2D eigenvalue weighted by molar-refractivity contribution is 5.73. The Bertz CT molecular complexity index is 493. The summed E-state index contributed by atoms with van der Waals surface area (Å²) in [6.45, 7) is 0.319. The van der Waals surface area contributed by atoms with Crippen LogP contribution in [0.5, 0.6) is 0 Å². The Morgan fingerprint density at radius 1 is 1.35 bits per heavy atom. The van der Waals surface area contributed by atoms with E-state index in [-0.39, 0.29) is 6.03 Å². The van der Waals surface area contributed by atoms with E-state index in [0.717, 1.165) is 11.3 Å². The van der Waals surface area contributed by atoms with Crippen LogP contribution in [-0.2, 0) is 6.54 Å². The van der Waals surface area contributed by atoms with Gasteiger partial charge in [-0.1, -0.05) is 35.5 Å². The highest BCUT2D eigenvalue weighted by Gasteiger charge is 2.06. The highest BCUT2D eigenvalue weighted by Crippen LogP contribution is 2.18. The molecule has 1 aromatic heterocycles. The lowest BCUT2D eigenvalue weighted by molar-refractivity contribution is 0.241. The lowest BCUT2D eigenvalue weighted by Crippen LogP contribution is -2.31. The Morgan fingerprint density at radius 2 is 2.12 bits per heavy atom. The summed E-state index contributed by atoms with van der Waals surface area (Å²) in [4.78, 5) is 11.0. The SMILES string of the molecule is CNC(=O)NCc1cc(-c2ccccc2)no1. The maximum absolute atomic E-state index is 11.0. The fourth-order valence-electron chi connectivity index (χ4n) is 1.40. The van der Waals surface area contributed by atoms with E-state index >= 15 is 0 Å². The van der Waals surface area contributed by atoms with E-state index in [1.165, 1.54) is 0 Å². The average molecular weight is 231 g/mol. The maximum atomic E-state index is 11.0. The summed E-state index contributed by atoms with van der Waals surface area (Å²) in [5.74, 6) is 0.618. The van der Waals surface area contributed by atoms with Crippen molar-refractivity contribution in [3.63, 3.8) is 0 Å². The molecule has 0 radical (unpaired) electrons. The van der Waals surface area contributed by atoms with Crippen LogP contribution in [0, 0.1) is 0 Å². The predicted octanol–water partition coefficient (Wildman–Crippen LogP) is 1.77. The first-order chi connectivity index (χ1) is 8.29. The Morgan fingerprint density at radius 3 is 2.82 bits per heavy atom. The minimum absolute atomic E-state index is 0.248. The molecule has 5 nitrogen and oxygen atoms in total. The molecule has 0 aliphatic carbocycles. The third kappa shape index (κ3) is 2.84. The number of amides is 2. The topological polar surface area (TPSA) is 67.2 Å². The van der Waals surface area contributed by atoms with Crippen LogP contribution < -0.4 is 10.6 Å². The first kappa shape index (κ1) is 11.2. The molecular formula is C12H13N3O2. The molecule has 0 unspecified atom stereocenters. The molecule has 0 aliphatic rings. The van der Waals surface area contributed by atoms with Crippen LogP contribution in [0.1, 0.15) is 5.76 Å². The number of aromatic nitrogens is 1. The van der Waals surface area contributed by atoms with Gasteiger partial charge in [-0.2, -0.15) is 0 Å². The van der Waals surface area contributed by atoms with Crippen molar-refractivity contribution in [2.24, 2.45) is 0 Å². The van der Waals surface area contributed by atoms with E-state index in [1.807, 2.05) is 36.4 Å². The van der Waals surface area contributed by atoms with Gasteiger partial charge >= 0.3 is 6.03 Å². The minimum Gasteiger partial charge on any atom is -0.359 e. The number of nitrogens with one attached hydrogen (secondary N) is 2. The van der Waals surface area contributed by atoms with Gasteiger partial charge in [0.2, 0.25) is 0 Å². The van der Waals surface area contributed by atoms with Gasteiger partial charge in [-0.15, -0.1) is 0 Å². The molecule has 0 atom stereocenters. The first-order valence-electron chi connectivity index (χ1n) is 5.26. The summed E-state index contributed by atoms with van der Waals surface area (Å²) < 4.78 is 5.12. The van der Waals surface area contributed by atoms with Crippen molar-refractivity contribution >= 4 is 6.03 Å². The Hall–Kier alpha value is -2.30. The molecule has 0 aliphatic heterocycles. The number of rotatable bonds is 3. The van der Waals surface area contributed by atoms with Gasteiger partial charge in [0, 0.05) is 18.7 Å². The third-order valence-corrected chi connectivity index (χ3v) is 2.28. The highest BCUT2D eigenvalue weighted by atomic mass is 16.5. The first-order valence-corrected chi connectivity index (χ1v) is 5.26. The second kappa shape index (κ2) is 5.16. The lowest BCUT2D eigenvalue weighted by Gasteiger charge is -1.99. The largest absolute Gasteiger partial charge is 0.359 e. The predicted molar refractivity (Wildman–Crippen MR) is 63.2 cm³/mol. The zero-order chi connectivity index (χ0) is 12.1. The average Bonchev–Trinajstić information content (AvgIpc) is 2.86. The molecular weight excluding hydrogens is 218 g/mol. The Balaban J connectivity index is 2.04. The molecule has 1 heterocycles. The van der Waals surface area contributed by atoms with Crippen molar-refractivity contribution in [2.75, 3.05) is 7.05 Å². The quantitative estimate of drug-likeness (QED) is 0.846. The van der Waals surface area contributed by atoms with Crippen LogP contribution in [-0.4, -0.2) is 18.2 Å². The minimum atomic E-state index is -0.248. The summed E-state index contributed by atoms with van der Waals surface area (Å²) in [5.41, 5.74) is 1.75. The number of urea groups is 1. The molecule has 2 N–H and O–H groups in total. The monoisotopic (exact) mass is 231 g/mol. The fraction of sp³-hybridized carbons (Fsp3) is 0.167. The van der Waals surface area contributed by atoms with Gasteiger partial charge in [0.1, 0.15) is 5.69 Å². The van der Waals surface area contributed by atoms with E-state index in [0.29, 0.717) is 12.3 Å². The van der Waals surface area contributed by atoms with E-state index in [9.17, 15) is 4.79 Å². The number of benzene rings is 1. The molecule has 5 heteroatoms. The van der Waals surface area contributed by atoms with Crippen molar-refractivity contribution in [3.05, 3.63) is 42.2 Å². The molecule has 17 heavy (non-hydrogen) atoms. The molecule has 0 spiro atoms. The molecule has 0 saturated carbocycles. The molecule has 88 valence electrons. The molecule has 0 bridgehead atoms. The smallest absolute Gasteiger partial charge is 0.314 e. The number of carbonyl (C=O) groups is 1. The molecule has 2 aromatic rings. The number of hydrogen-bond acceptors (Lipinski definition) is 3. The zero-order valence-electron chi connectivity index (χ0n) is 9.43. The van der Waals surface area contributed by atoms with E-state index < -0.39 is 0 Å². The summed E-state index contributed by atoms with van der Waals surface area (Å²) in [5, 5.41) is 9.03. The van der Waals surface area contributed by atoms with Crippen molar-refractivity contribution in [1.29, 1.82) is 0 Å². The van der Waals surface area contributed by atoms with Crippen LogP contribution in [0.25, 0.3) is 11.3 Å². The maximum Gasteiger partial charge on any atom is 0.314 e. The van der Waals surface area contributed by atoms with Crippen LogP contribution in [0.3, 0.4) is 0 Å². The number of carbonyl (C=O) groups excluding carboxylic acids is 1. The molecule has 2 rings (SSSR count). The normalized spacial score (nSPS) is 9.94. The van der Waals surface area contributed by atoms with Gasteiger partial charge in [-0.05, 0) is 0 Å². The van der Waals surface area contributed by atoms with Crippen LogP contribution in [0.15, 0.2) is 40.9 Å². The van der Waals surface area contributed by atoms with Gasteiger partial charge in [0.25, 0.3) is 0 Å². The number of nitrogens with zero attached hydrogens (tertiary/aromatic N) is 1. The van der Waals surface area contributed by atoms with Crippen LogP contribution >= 0.6 is 0 Å². The van der Waals surface area contributed by atoms with Crippen molar-refractivity contribution < 1.29 is 9.32 Å². The fourth-order valence-corrected chi connectivity index (χ4v) is 1.40. The molecule has 0 fully saturated rings. The summed E-state index contributed by atoms with van der Waals surface area (Å²) in [6.07, 6.45) is 0. The molecule has 2 amide bonds. The van der Waals surface area contributed by atoms with E-state index in [4.69, 9.17) is 4.52 Å². The van der Waals surface area contributed by atoms with Crippen LogP contribution in [0.4, 0.5) is 4.79 Å². The van der Waals surface area contributed by atoms with Gasteiger partial charge < -0.3 is 15.2 Å². The van der Waals surface area contributed by atoms with E-state index in [2.05, 4.69) is 15.8 Å². The summed E-state index contributed by atoms with van der Waals surface area (Å²) in [7, 11) is 1.56. The van der Waals surface area contributed by atoms with Crippen molar-refractivity contribution in [2.45, 2.75) is 6.54 Å². The Kier molecular flexibility index (Phi) is 3.40.